The quantitative estimate of drug-likeness (QED) is 0.859. The summed E-state index contributed by atoms with van der Waals surface area (Å²) < 4.78 is 26.9. The summed E-state index contributed by atoms with van der Waals surface area (Å²) in [7, 11) is -3.67. The summed E-state index contributed by atoms with van der Waals surface area (Å²) >= 11 is 13.4. The standard InChI is InChI=1S/C11H15Cl2NO2S2/c1-11(2,3)14-18(15,16)10-6-7(12)9(17-4)5-8(10)13/h5-6,14H,1-4H3. The lowest BCUT2D eigenvalue weighted by atomic mass is 10.1. The second-order valence-corrected chi connectivity index (χ2v) is 8.09. The maximum absolute atomic E-state index is 12.2. The first-order valence-electron chi connectivity index (χ1n) is 5.14. The third-order valence-electron chi connectivity index (χ3n) is 1.94. The van der Waals surface area contributed by atoms with Crippen molar-refractivity contribution in [3.63, 3.8) is 0 Å². The Hall–Kier alpha value is 0.0600. The molecule has 18 heavy (non-hydrogen) atoms. The molecule has 0 saturated heterocycles. The molecule has 0 heterocycles. The molecule has 0 spiro atoms. The van der Waals surface area contributed by atoms with E-state index in [0.717, 1.165) is 4.90 Å². The van der Waals surface area contributed by atoms with Gasteiger partial charge in [0.15, 0.2) is 0 Å². The molecule has 0 aliphatic rings. The highest BCUT2D eigenvalue weighted by molar-refractivity contribution is 7.98. The van der Waals surface area contributed by atoms with Crippen molar-refractivity contribution in [2.75, 3.05) is 6.26 Å². The van der Waals surface area contributed by atoms with Crippen molar-refractivity contribution in [2.45, 2.75) is 36.1 Å². The zero-order chi connectivity index (χ0) is 14.1. The monoisotopic (exact) mass is 327 g/mol. The Morgan fingerprint density at radius 1 is 1.17 bits per heavy atom. The second-order valence-electron chi connectivity index (χ2n) is 4.77. The summed E-state index contributed by atoms with van der Waals surface area (Å²) in [6.07, 6.45) is 1.85. The van der Waals surface area contributed by atoms with E-state index < -0.39 is 15.6 Å². The van der Waals surface area contributed by atoms with Gasteiger partial charge in [-0.15, -0.1) is 11.8 Å². The van der Waals surface area contributed by atoms with Crippen molar-refractivity contribution in [1.82, 2.24) is 4.72 Å². The largest absolute Gasteiger partial charge is 0.242 e. The molecule has 7 heteroatoms. The van der Waals surface area contributed by atoms with Crippen molar-refractivity contribution in [3.8, 4) is 0 Å². The Morgan fingerprint density at radius 3 is 2.17 bits per heavy atom. The van der Waals surface area contributed by atoms with E-state index in [1.165, 1.54) is 17.8 Å². The van der Waals surface area contributed by atoms with Gasteiger partial charge in [-0.3, -0.25) is 0 Å². The molecule has 0 bridgehead atoms. The van der Waals surface area contributed by atoms with Gasteiger partial charge in [-0.1, -0.05) is 23.2 Å². The summed E-state index contributed by atoms with van der Waals surface area (Å²) in [5.41, 5.74) is -0.577. The third kappa shape index (κ3) is 4.03. The van der Waals surface area contributed by atoms with E-state index >= 15 is 0 Å². The average molecular weight is 328 g/mol. The van der Waals surface area contributed by atoms with Crippen molar-refractivity contribution >= 4 is 45.0 Å². The van der Waals surface area contributed by atoms with E-state index in [-0.39, 0.29) is 9.92 Å². The van der Waals surface area contributed by atoms with Gasteiger partial charge < -0.3 is 0 Å². The fourth-order valence-electron chi connectivity index (χ4n) is 1.33. The highest BCUT2D eigenvalue weighted by atomic mass is 35.5. The number of halogens is 2. The summed E-state index contributed by atoms with van der Waals surface area (Å²) in [6, 6.07) is 2.94. The van der Waals surface area contributed by atoms with Gasteiger partial charge in [-0.2, -0.15) is 0 Å². The molecule has 0 radical (unpaired) electrons. The van der Waals surface area contributed by atoms with Crippen LogP contribution in [0.3, 0.4) is 0 Å². The lowest BCUT2D eigenvalue weighted by Gasteiger charge is -2.21. The van der Waals surface area contributed by atoms with E-state index in [9.17, 15) is 8.42 Å². The average Bonchev–Trinajstić information content (AvgIpc) is 2.17. The molecule has 1 rings (SSSR count). The van der Waals surface area contributed by atoms with Crippen LogP contribution in [0.5, 0.6) is 0 Å². The van der Waals surface area contributed by atoms with Gasteiger partial charge >= 0.3 is 0 Å². The predicted octanol–water partition coefficient (Wildman–Crippen LogP) is 3.79. The minimum absolute atomic E-state index is 0.00175. The van der Waals surface area contributed by atoms with Crippen LogP contribution in [0.4, 0.5) is 0 Å². The molecule has 0 atom stereocenters. The summed E-state index contributed by atoms with van der Waals surface area (Å²) in [4.78, 5) is 0.748. The van der Waals surface area contributed by atoms with Crippen LogP contribution in [0.15, 0.2) is 21.9 Å². The molecule has 3 nitrogen and oxygen atoms in total. The minimum atomic E-state index is -3.67. The molecule has 1 N–H and O–H groups in total. The van der Waals surface area contributed by atoms with Gasteiger partial charge in [-0.05, 0) is 39.2 Å². The Kier molecular flexibility index (Phi) is 5.00. The van der Waals surface area contributed by atoms with E-state index in [1.807, 2.05) is 6.26 Å². The molecular formula is C11H15Cl2NO2S2. The van der Waals surface area contributed by atoms with Crippen molar-refractivity contribution in [2.24, 2.45) is 0 Å². The van der Waals surface area contributed by atoms with Crippen LogP contribution in [0.1, 0.15) is 20.8 Å². The van der Waals surface area contributed by atoms with E-state index in [2.05, 4.69) is 4.72 Å². The Balaban J connectivity index is 3.30. The second kappa shape index (κ2) is 5.59. The Labute approximate surface area is 122 Å². The molecule has 0 aromatic heterocycles. The lowest BCUT2D eigenvalue weighted by Crippen LogP contribution is -2.40. The van der Waals surface area contributed by atoms with Crippen LogP contribution in [0, 0.1) is 0 Å². The molecular weight excluding hydrogens is 313 g/mol. The molecule has 0 saturated carbocycles. The van der Waals surface area contributed by atoms with Crippen molar-refractivity contribution < 1.29 is 8.42 Å². The Bertz CT molecular complexity index is 551. The summed E-state index contributed by atoms with van der Waals surface area (Å²) in [5, 5.41) is 0.543. The van der Waals surface area contributed by atoms with Gasteiger partial charge in [0.05, 0.1) is 10.0 Å². The number of hydrogen-bond acceptors (Lipinski definition) is 3. The molecule has 102 valence electrons. The smallest absolute Gasteiger partial charge is 0.207 e. The molecule has 0 aliphatic heterocycles. The van der Waals surface area contributed by atoms with Crippen LogP contribution in [0.25, 0.3) is 0 Å². The number of rotatable bonds is 3. The van der Waals surface area contributed by atoms with Crippen molar-refractivity contribution in [3.05, 3.63) is 22.2 Å². The minimum Gasteiger partial charge on any atom is -0.207 e. The number of hydrogen-bond donors (Lipinski definition) is 1. The molecule has 1 aromatic rings. The molecule has 0 unspecified atom stereocenters. The molecule has 0 amide bonds. The molecule has 0 fully saturated rings. The zero-order valence-corrected chi connectivity index (χ0v) is 13.7. The first-order chi connectivity index (χ1) is 8.07. The number of benzene rings is 1. The van der Waals surface area contributed by atoms with Gasteiger partial charge in [0.25, 0.3) is 0 Å². The fraction of sp³-hybridized carbons (Fsp3) is 0.455. The predicted molar refractivity (Wildman–Crippen MR) is 78.3 cm³/mol. The van der Waals surface area contributed by atoms with Crippen LogP contribution in [-0.2, 0) is 10.0 Å². The van der Waals surface area contributed by atoms with E-state index in [1.54, 1.807) is 26.8 Å². The molecule has 1 aromatic carbocycles. The highest BCUT2D eigenvalue weighted by Crippen LogP contribution is 2.33. The number of sulfonamides is 1. The van der Waals surface area contributed by atoms with Gasteiger partial charge in [0.1, 0.15) is 4.90 Å². The zero-order valence-electron chi connectivity index (χ0n) is 10.5. The third-order valence-corrected chi connectivity index (χ3v) is 5.36. The normalized spacial score (nSPS) is 12.8. The lowest BCUT2D eigenvalue weighted by molar-refractivity contribution is 0.491. The van der Waals surface area contributed by atoms with Crippen molar-refractivity contribution in [1.29, 1.82) is 0 Å². The number of thioether (sulfide) groups is 1. The van der Waals surface area contributed by atoms with Crippen LogP contribution in [-0.4, -0.2) is 20.2 Å². The molecule has 0 aliphatic carbocycles. The maximum atomic E-state index is 12.2. The van der Waals surface area contributed by atoms with Crippen LogP contribution < -0.4 is 4.72 Å². The van der Waals surface area contributed by atoms with Crippen LogP contribution in [0.2, 0.25) is 10.0 Å². The summed E-state index contributed by atoms with van der Waals surface area (Å²) in [6.45, 7) is 5.28. The summed E-state index contributed by atoms with van der Waals surface area (Å²) in [5.74, 6) is 0. The SMILES string of the molecule is CSc1cc(Cl)c(S(=O)(=O)NC(C)(C)C)cc1Cl. The van der Waals surface area contributed by atoms with Gasteiger partial charge in [0, 0.05) is 10.4 Å². The van der Waals surface area contributed by atoms with E-state index in [4.69, 9.17) is 23.2 Å². The maximum Gasteiger partial charge on any atom is 0.242 e. The number of nitrogens with one attached hydrogen (secondary N) is 1. The van der Waals surface area contributed by atoms with Gasteiger partial charge in [0.2, 0.25) is 10.0 Å². The van der Waals surface area contributed by atoms with E-state index in [0.29, 0.717) is 5.02 Å². The van der Waals surface area contributed by atoms with Gasteiger partial charge in [-0.25, -0.2) is 13.1 Å². The Morgan fingerprint density at radius 2 is 1.72 bits per heavy atom. The highest BCUT2D eigenvalue weighted by Gasteiger charge is 2.25. The van der Waals surface area contributed by atoms with Crippen LogP contribution >= 0.6 is 35.0 Å². The fourth-order valence-corrected chi connectivity index (χ4v) is 4.32. The first kappa shape index (κ1) is 16.1. The topological polar surface area (TPSA) is 46.2 Å². The first-order valence-corrected chi connectivity index (χ1v) is 8.60.